The lowest BCUT2D eigenvalue weighted by molar-refractivity contribution is 0.858. The molecule has 3 N–H and O–H groups in total. The molecule has 0 saturated heterocycles. The third-order valence-corrected chi connectivity index (χ3v) is 2.54. The number of nitrogens with two attached hydrogens (primary N) is 1. The number of hydrogen-bond acceptors (Lipinski definition) is 5. The highest BCUT2D eigenvalue weighted by Crippen LogP contribution is 2.15. The van der Waals surface area contributed by atoms with Crippen LogP contribution in [0.25, 0.3) is 5.82 Å². The maximum absolute atomic E-state index is 5.23. The molecule has 0 bridgehead atoms. The maximum Gasteiger partial charge on any atom is 0.162 e. The Hall–Kier alpha value is -1.95. The molecule has 2 aromatic rings. The average Bonchev–Trinajstić information content (AvgIpc) is 2.54. The second-order valence-corrected chi connectivity index (χ2v) is 3.59. The molecule has 0 fully saturated rings. The summed E-state index contributed by atoms with van der Waals surface area (Å²) in [5.74, 6) is 7.41. The SMILES string of the molecule is Cc1nc(C)n(-c2ccc(NN)nn2)c1C. The van der Waals surface area contributed by atoms with Gasteiger partial charge in [-0.3, -0.25) is 4.57 Å². The Bertz CT molecular complexity index is 499. The highest BCUT2D eigenvalue weighted by Gasteiger charge is 2.10. The van der Waals surface area contributed by atoms with Gasteiger partial charge in [0.25, 0.3) is 0 Å². The van der Waals surface area contributed by atoms with E-state index in [1.165, 1.54) is 0 Å². The number of hydrazine groups is 1. The van der Waals surface area contributed by atoms with Crippen molar-refractivity contribution in [1.29, 1.82) is 0 Å². The molecule has 84 valence electrons. The van der Waals surface area contributed by atoms with Crippen LogP contribution >= 0.6 is 0 Å². The van der Waals surface area contributed by atoms with Gasteiger partial charge in [0.2, 0.25) is 0 Å². The van der Waals surface area contributed by atoms with Crippen LogP contribution in [0.2, 0.25) is 0 Å². The van der Waals surface area contributed by atoms with Gasteiger partial charge in [0.15, 0.2) is 11.6 Å². The van der Waals surface area contributed by atoms with Crippen molar-refractivity contribution in [2.75, 3.05) is 5.43 Å². The Morgan fingerprint density at radius 1 is 1.19 bits per heavy atom. The molecule has 2 rings (SSSR count). The summed E-state index contributed by atoms with van der Waals surface area (Å²) >= 11 is 0. The number of aromatic nitrogens is 4. The molecule has 0 spiro atoms. The minimum absolute atomic E-state index is 0.538. The van der Waals surface area contributed by atoms with E-state index in [1.54, 1.807) is 6.07 Å². The van der Waals surface area contributed by atoms with Crippen molar-refractivity contribution in [3.8, 4) is 5.82 Å². The third kappa shape index (κ3) is 1.63. The summed E-state index contributed by atoms with van der Waals surface area (Å²) in [6, 6.07) is 3.62. The monoisotopic (exact) mass is 218 g/mol. The van der Waals surface area contributed by atoms with Crippen LogP contribution < -0.4 is 11.3 Å². The van der Waals surface area contributed by atoms with Crippen LogP contribution in [0.15, 0.2) is 12.1 Å². The largest absolute Gasteiger partial charge is 0.307 e. The second-order valence-electron chi connectivity index (χ2n) is 3.59. The summed E-state index contributed by atoms with van der Waals surface area (Å²) < 4.78 is 1.96. The standard InChI is InChI=1S/C10H14N6/c1-6-7(2)16(8(3)12-6)10-5-4-9(13-11)14-15-10/h4-5H,11H2,1-3H3,(H,13,14). The van der Waals surface area contributed by atoms with Crippen molar-refractivity contribution >= 4 is 5.82 Å². The first-order valence-corrected chi connectivity index (χ1v) is 4.96. The van der Waals surface area contributed by atoms with Crippen molar-refractivity contribution in [3.05, 3.63) is 29.3 Å². The fourth-order valence-corrected chi connectivity index (χ4v) is 1.64. The van der Waals surface area contributed by atoms with Crippen LogP contribution in [0, 0.1) is 20.8 Å². The lowest BCUT2D eigenvalue weighted by Crippen LogP contribution is -2.10. The van der Waals surface area contributed by atoms with Gasteiger partial charge in [0, 0.05) is 5.69 Å². The van der Waals surface area contributed by atoms with E-state index in [0.717, 1.165) is 23.0 Å². The minimum Gasteiger partial charge on any atom is -0.307 e. The van der Waals surface area contributed by atoms with Crippen LogP contribution in [0.1, 0.15) is 17.2 Å². The van der Waals surface area contributed by atoms with Crippen LogP contribution in [-0.4, -0.2) is 19.7 Å². The van der Waals surface area contributed by atoms with Gasteiger partial charge < -0.3 is 5.43 Å². The first-order chi connectivity index (χ1) is 7.63. The number of nitrogen functional groups attached to an aromatic ring is 1. The number of imidazole rings is 1. The van der Waals surface area contributed by atoms with Crippen LogP contribution in [0.4, 0.5) is 5.82 Å². The molecule has 2 heterocycles. The maximum atomic E-state index is 5.23. The molecule has 0 unspecified atom stereocenters. The summed E-state index contributed by atoms with van der Waals surface area (Å²) in [6.45, 7) is 5.92. The highest BCUT2D eigenvalue weighted by molar-refractivity contribution is 5.37. The summed E-state index contributed by atoms with van der Waals surface area (Å²) in [4.78, 5) is 4.38. The highest BCUT2D eigenvalue weighted by atomic mass is 15.3. The average molecular weight is 218 g/mol. The Labute approximate surface area is 93.5 Å². The number of nitrogens with zero attached hydrogens (tertiary/aromatic N) is 4. The first kappa shape index (κ1) is 10.6. The predicted molar refractivity (Wildman–Crippen MR) is 61.2 cm³/mol. The van der Waals surface area contributed by atoms with Gasteiger partial charge in [-0.05, 0) is 32.9 Å². The summed E-state index contributed by atoms with van der Waals surface area (Å²) in [5.41, 5.74) is 4.51. The number of hydrogen-bond donors (Lipinski definition) is 2. The summed E-state index contributed by atoms with van der Waals surface area (Å²) in [7, 11) is 0. The summed E-state index contributed by atoms with van der Waals surface area (Å²) in [5, 5.41) is 8.02. The fourth-order valence-electron chi connectivity index (χ4n) is 1.64. The second kappa shape index (κ2) is 3.90. The van der Waals surface area contributed by atoms with Crippen molar-refractivity contribution in [2.24, 2.45) is 5.84 Å². The number of nitrogens with one attached hydrogen (secondary N) is 1. The molecule has 0 aliphatic carbocycles. The zero-order valence-electron chi connectivity index (χ0n) is 9.52. The van der Waals surface area contributed by atoms with Crippen LogP contribution in [-0.2, 0) is 0 Å². The number of rotatable bonds is 2. The van der Waals surface area contributed by atoms with Gasteiger partial charge in [-0.1, -0.05) is 0 Å². The Kier molecular flexibility index (Phi) is 2.57. The molecule has 6 heteroatoms. The molecule has 0 atom stereocenters. The molecule has 16 heavy (non-hydrogen) atoms. The number of aryl methyl sites for hydroxylation is 2. The normalized spacial score (nSPS) is 10.5. The molecule has 0 radical (unpaired) electrons. The lowest BCUT2D eigenvalue weighted by atomic mass is 10.4. The zero-order chi connectivity index (χ0) is 11.7. The Balaban J connectivity index is 2.50. The molecular weight excluding hydrogens is 204 g/mol. The van der Waals surface area contributed by atoms with Crippen LogP contribution in [0.3, 0.4) is 0 Å². The van der Waals surface area contributed by atoms with Gasteiger partial charge in [-0.2, -0.15) is 0 Å². The van der Waals surface area contributed by atoms with Gasteiger partial charge in [-0.15, -0.1) is 10.2 Å². The van der Waals surface area contributed by atoms with Crippen molar-refractivity contribution in [1.82, 2.24) is 19.7 Å². The Morgan fingerprint density at radius 2 is 1.94 bits per heavy atom. The first-order valence-electron chi connectivity index (χ1n) is 4.96. The number of anilines is 1. The Morgan fingerprint density at radius 3 is 2.38 bits per heavy atom. The van der Waals surface area contributed by atoms with E-state index in [9.17, 15) is 0 Å². The predicted octanol–water partition coefficient (Wildman–Crippen LogP) is 0.873. The van der Waals surface area contributed by atoms with Crippen molar-refractivity contribution in [3.63, 3.8) is 0 Å². The molecular formula is C10H14N6. The third-order valence-electron chi connectivity index (χ3n) is 2.54. The topological polar surface area (TPSA) is 81.7 Å². The van der Waals surface area contributed by atoms with Gasteiger partial charge in [0.1, 0.15) is 5.82 Å². The fraction of sp³-hybridized carbons (Fsp3) is 0.300. The molecule has 0 aliphatic rings. The minimum atomic E-state index is 0.538. The van der Waals surface area contributed by atoms with E-state index in [0.29, 0.717) is 5.82 Å². The van der Waals surface area contributed by atoms with Gasteiger partial charge >= 0.3 is 0 Å². The van der Waals surface area contributed by atoms with E-state index in [2.05, 4.69) is 20.6 Å². The molecule has 2 aromatic heterocycles. The molecule has 0 saturated carbocycles. The lowest BCUT2D eigenvalue weighted by Gasteiger charge is -2.06. The van der Waals surface area contributed by atoms with Gasteiger partial charge in [-0.25, -0.2) is 10.8 Å². The van der Waals surface area contributed by atoms with E-state index in [4.69, 9.17) is 5.84 Å². The van der Waals surface area contributed by atoms with Crippen molar-refractivity contribution < 1.29 is 0 Å². The van der Waals surface area contributed by atoms with E-state index in [-0.39, 0.29) is 0 Å². The molecule has 0 aromatic carbocycles. The molecule has 0 amide bonds. The molecule has 0 aliphatic heterocycles. The smallest absolute Gasteiger partial charge is 0.162 e. The molecule has 6 nitrogen and oxygen atoms in total. The summed E-state index contributed by atoms with van der Waals surface area (Å²) in [6.07, 6.45) is 0. The van der Waals surface area contributed by atoms with Crippen LogP contribution in [0.5, 0.6) is 0 Å². The van der Waals surface area contributed by atoms with E-state index in [1.807, 2.05) is 31.4 Å². The van der Waals surface area contributed by atoms with E-state index < -0.39 is 0 Å². The van der Waals surface area contributed by atoms with Crippen molar-refractivity contribution in [2.45, 2.75) is 20.8 Å². The zero-order valence-corrected chi connectivity index (χ0v) is 9.52. The van der Waals surface area contributed by atoms with Gasteiger partial charge in [0.05, 0.1) is 5.69 Å². The quantitative estimate of drug-likeness (QED) is 0.577. The van der Waals surface area contributed by atoms with E-state index >= 15 is 0 Å².